The third-order valence-corrected chi connectivity index (χ3v) is 2.85. The van der Waals surface area contributed by atoms with E-state index in [2.05, 4.69) is 30.9 Å². The number of nitrogens with zero attached hydrogens (tertiary/aromatic N) is 2. The second-order valence-electron chi connectivity index (χ2n) is 5.10. The first-order valence-electron chi connectivity index (χ1n) is 5.49. The lowest BCUT2D eigenvalue weighted by atomic mass is 9.84. The van der Waals surface area contributed by atoms with Gasteiger partial charge >= 0.3 is 0 Å². The molecule has 0 saturated carbocycles. The SMILES string of the molecule is C/N=C1\CCCc2onc(C(C)(C)C)c21. The molecule has 1 aromatic rings. The van der Waals surface area contributed by atoms with E-state index in [1.807, 2.05) is 7.05 Å². The van der Waals surface area contributed by atoms with Crippen LogP contribution in [-0.2, 0) is 11.8 Å². The molecule has 0 saturated heterocycles. The predicted octanol–water partition coefficient (Wildman–Crippen LogP) is 2.73. The van der Waals surface area contributed by atoms with Gasteiger partial charge in [-0.1, -0.05) is 25.9 Å². The topological polar surface area (TPSA) is 38.4 Å². The number of aliphatic imine (C=N–C) groups is 1. The van der Waals surface area contributed by atoms with E-state index in [0.29, 0.717) is 0 Å². The van der Waals surface area contributed by atoms with Crippen molar-refractivity contribution in [2.24, 2.45) is 4.99 Å². The average molecular weight is 206 g/mol. The molecule has 0 radical (unpaired) electrons. The molecule has 3 heteroatoms. The summed E-state index contributed by atoms with van der Waals surface area (Å²) in [5, 5.41) is 4.21. The number of hydrogen-bond donors (Lipinski definition) is 0. The van der Waals surface area contributed by atoms with Crippen LogP contribution in [0.5, 0.6) is 0 Å². The van der Waals surface area contributed by atoms with E-state index in [4.69, 9.17) is 4.52 Å². The van der Waals surface area contributed by atoms with Gasteiger partial charge in [0, 0.05) is 24.6 Å². The zero-order valence-electron chi connectivity index (χ0n) is 9.92. The van der Waals surface area contributed by atoms with Gasteiger partial charge in [-0.3, -0.25) is 4.99 Å². The summed E-state index contributed by atoms with van der Waals surface area (Å²) < 4.78 is 5.41. The molecule has 0 amide bonds. The Morgan fingerprint density at radius 2 is 2.00 bits per heavy atom. The van der Waals surface area contributed by atoms with Crippen LogP contribution < -0.4 is 0 Å². The largest absolute Gasteiger partial charge is 0.360 e. The highest BCUT2D eigenvalue weighted by molar-refractivity contribution is 6.03. The summed E-state index contributed by atoms with van der Waals surface area (Å²) in [6.45, 7) is 6.48. The van der Waals surface area contributed by atoms with Crippen LogP contribution >= 0.6 is 0 Å². The zero-order valence-corrected chi connectivity index (χ0v) is 9.92. The van der Waals surface area contributed by atoms with Crippen LogP contribution in [0.3, 0.4) is 0 Å². The van der Waals surface area contributed by atoms with Crippen molar-refractivity contribution in [1.29, 1.82) is 0 Å². The minimum absolute atomic E-state index is 0.0321. The second kappa shape index (κ2) is 3.47. The lowest BCUT2D eigenvalue weighted by molar-refractivity contribution is 0.362. The van der Waals surface area contributed by atoms with Crippen LogP contribution in [0.2, 0.25) is 0 Å². The molecule has 2 rings (SSSR count). The van der Waals surface area contributed by atoms with Crippen molar-refractivity contribution in [3.63, 3.8) is 0 Å². The molecule has 1 aliphatic rings. The fourth-order valence-corrected chi connectivity index (χ4v) is 2.07. The Hall–Kier alpha value is -1.12. The van der Waals surface area contributed by atoms with Crippen LogP contribution in [0.25, 0.3) is 0 Å². The van der Waals surface area contributed by atoms with Gasteiger partial charge in [-0.25, -0.2) is 0 Å². The lowest BCUT2D eigenvalue weighted by Crippen LogP contribution is -2.19. The maximum absolute atomic E-state index is 5.41. The van der Waals surface area contributed by atoms with E-state index in [1.54, 1.807) is 0 Å². The van der Waals surface area contributed by atoms with Crippen LogP contribution in [0.1, 0.15) is 50.6 Å². The third-order valence-electron chi connectivity index (χ3n) is 2.85. The summed E-state index contributed by atoms with van der Waals surface area (Å²) in [5.41, 5.74) is 3.42. The van der Waals surface area contributed by atoms with E-state index in [-0.39, 0.29) is 5.41 Å². The standard InChI is InChI=1S/C12H18N2O/c1-12(2,3)11-10-8(13-4)6-5-7-9(10)15-14-11/h5-7H2,1-4H3/b13-8+. The molecule has 0 unspecified atom stereocenters. The molecule has 15 heavy (non-hydrogen) atoms. The Balaban J connectivity index is 2.57. The summed E-state index contributed by atoms with van der Waals surface area (Å²) in [4.78, 5) is 4.35. The normalized spacial score (nSPS) is 19.3. The van der Waals surface area contributed by atoms with Crippen molar-refractivity contribution < 1.29 is 4.52 Å². The average Bonchev–Trinajstić information content (AvgIpc) is 2.59. The van der Waals surface area contributed by atoms with Crippen molar-refractivity contribution in [1.82, 2.24) is 5.16 Å². The molecule has 0 N–H and O–H groups in total. The van der Waals surface area contributed by atoms with E-state index < -0.39 is 0 Å². The first kappa shape index (κ1) is 10.4. The van der Waals surface area contributed by atoms with Gasteiger partial charge in [0.2, 0.25) is 0 Å². The fourth-order valence-electron chi connectivity index (χ4n) is 2.07. The summed E-state index contributed by atoms with van der Waals surface area (Å²) >= 11 is 0. The fraction of sp³-hybridized carbons (Fsp3) is 0.667. The van der Waals surface area contributed by atoms with Gasteiger partial charge in [-0.15, -0.1) is 0 Å². The smallest absolute Gasteiger partial charge is 0.146 e. The summed E-state index contributed by atoms with van der Waals surface area (Å²) in [7, 11) is 1.85. The number of rotatable bonds is 0. The molecule has 0 fully saturated rings. The molecule has 82 valence electrons. The van der Waals surface area contributed by atoms with Gasteiger partial charge in [0.15, 0.2) is 0 Å². The van der Waals surface area contributed by atoms with Gasteiger partial charge in [0.05, 0.1) is 11.3 Å². The monoisotopic (exact) mass is 206 g/mol. The van der Waals surface area contributed by atoms with Crippen molar-refractivity contribution >= 4 is 5.71 Å². The molecule has 1 aliphatic carbocycles. The van der Waals surface area contributed by atoms with Crippen molar-refractivity contribution in [2.75, 3.05) is 7.05 Å². The zero-order chi connectivity index (χ0) is 11.1. The van der Waals surface area contributed by atoms with E-state index in [1.165, 1.54) is 5.56 Å². The summed E-state index contributed by atoms with van der Waals surface area (Å²) in [5.74, 6) is 1.02. The molecule has 0 aliphatic heterocycles. The Morgan fingerprint density at radius 1 is 1.27 bits per heavy atom. The van der Waals surface area contributed by atoms with E-state index in [0.717, 1.165) is 36.4 Å². The molecular weight excluding hydrogens is 188 g/mol. The lowest BCUT2D eigenvalue weighted by Gasteiger charge is -2.19. The van der Waals surface area contributed by atoms with E-state index in [9.17, 15) is 0 Å². The molecule has 0 aromatic carbocycles. The number of fused-ring (bicyclic) bond motifs is 1. The third kappa shape index (κ3) is 1.71. The molecule has 3 nitrogen and oxygen atoms in total. The maximum atomic E-state index is 5.41. The van der Waals surface area contributed by atoms with Gasteiger partial charge in [0.25, 0.3) is 0 Å². The van der Waals surface area contributed by atoms with E-state index >= 15 is 0 Å². The minimum Gasteiger partial charge on any atom is -0.360 e. The highest BCUT2D eigenvalue weighted by Gasteiger charge is 2.30. The first-order chi connectivity index (χ1) is 7.04. The van der Waals surface area contributed by atoms with Crippen LogP contribution in [0.4, 0.5) is 0 Å². The molecule has 1 heterocycles. The molecular formula is C12H18N2O. The maximum Gasteiger partial charge on any atom is 0.146 e. The van der Waals surface area contributed by atoms with Crippen LogP contribution in [0.15, 0.2) is 9.52 Å². The summed E-state index contributed by atoms with van der Waals surface area (Å²) in [6.07, 6.45) is 3.17. The molecule has 0 bridgehead atoms. The highest BCUT2D eigenvalue weighted by Crippen LogP contribution is 2.32. The van der Waals surface area contributed by atoms with Gasteiger partial charge < -0.3 is 4.52 Å². The van der Waals surface area contributed by atoms with Crippen molar-refractivity contribution in [3.05, 3.63) is 17.0 Å². The van der Waals surface area contributed by atoms with Gasteiger partial charge in [0.1, 0.15) is 5.76 Å². The molecule has 1 aromatic heterocycles. The quantitative estimate of drug-likeness (QED) is 0.654. The van der Waals surface area contributed by atoms with Crippen molar-refractivity contribution in [3.8, 4) is 0 Å². The molecule has 0 spiro atoms. The Labute approximate surface area is 90.6 Å². The number of hydrogen-bond acceptors (Lipinski definition) is 3. The minimum atomic E-state index is 0.0321. The predicted molar refractivity (Wildman–Crippen MR) is 60.6 cm³/mol. The Morgan fingerprint density at radius 3 is 2.60 bits per heavy atom. The first-order valence-corrected chi connectivity index (χ1v) is 5.49. The number of aromatic nitrogens is 1. The van der Waals surface area contributed by atoms with Crippen LogP contribution in [-0.4, -0.2) is 17.9 Å². The Kier molecular flexibility index (Phi) is 2.41. The highest BCUT2D eigenvalue weighted by atomic mass is 16.5. The van der Waals surface area contributed by atoms with Gasteiger partial charge in [-0.05, 0) is 12.8 Å². The second-order valence-corrected chi connectivity index (χ2v) is 5.10. The molecule has 0 atom stereocenters. The van der Waals surface area contributed by atoms with Gasteiger partial charge in [-0.2, -0.15) is 0 Å². The summed E-state index contributed by atoms with van der Waals surface area (Å²) in [6, 6.07) is 0. The Bertz CT molecular complexity index is 396. The number of aryl methyl sites for hydroxylation is 1. The van der Waals surface area contributed by atoms with Crippen molar-refractivity contribution in [2.45, 2.75) is 45.4 Å². The van der Waals surface area contributed by atoms with Crippen LogP contribution in [0, 0.1) is 0 Å².